The van der Waals surface area contributed by atoms with Crippen LogP contribution in [0.5, 0.6) is 0 Å². The quantitative estimate of drug-likeness (QED) is 0.737. The molecule has 2 saturated carbocycles. The number of carbonyl (C=O) groups excluding carboxylic acids is 1. The van der Waals surface area contributed by atoms with Crippen molar-refractivity contribution in [2.24, 2.45) is 17.8 Å². The lowest BCUT2D eigenvalue weighted by Crippen LogP contribution is -2.48. The van der Waals surface area contributed by atoms with E-state index in [-0.39, 0.29) is 48.0 Å². The third-order valence-electron chi connectivity index (χ3n) is 8.48. The lowest BCUT2D eigenvalue weighted by atomic mass is 9.85. The summed E-state index contributed by atoms with van der Waals surface area (Å²) in [6.07, 6.45) is 11.1. The Balaban J connectivity index is 1.41. The Morgan fingerprint density at radius 2 is 2.00 bits per heavy atom. The number of hydrogen-bond donors (Lipinski definition) is 2. The normalized spacial score (nSPS) is 32.5. The number of amides is 1. The van der Waals surface area contributed by atoms with E-state index in [2.05, 4.69) is 22.4 Å². The minimum atomic E-state index is -0.293. The van der Waals surface area contributed by atoms with Gasteiger partial charge in [-0.3, -0.25) is 14.5 Å². The zero-order valence-electron chi connectivity index (χ0n) is 18.1. The number of aliphatic hydroxyl groups excluding tert-OH is 1. The molecule has 6 rings (SSSR count). The van der Waals surface area contributed by atoms with Crippen LogP contribution in [0.1, 0.15) is 68.7 Å². The van der Waals surface area contributed by atoms with E-state index in [1.165, 1.54) is 24.8 Å². The van der Waals surface area contributed by atoms with Gasteiger partial charge in [0.1, 0.15) is 0 Å². The van der Waals surface area contributed by atoms with Gasteiger partial charge in [-0.15, -0.1) is 0 Å². The Hall–Kier alpha value is -1.92. The third kappa shape index (κ3) is 3.21. The molecule has 0 unspecified atom stereocenters. The van der Waals surface area contributed by atoms with Gasteiger partial charge in [0, 0.05) is 49.0 Å². The topological polar surface area (TPSA) is 74.6 Å². The summed E-state index contributed by atoms with van der Waals surface area (Å²) in [5, 5.41) is 13.6. The smallest absolute Gasteiger partial charge is 0.258 e. The van der Waals surface area contributed by atoms with Crippen LogP contribution in [0, 0.1) is 17.8 Å². The fourth-order valence-corrected chi connectivity index (χ4v) is 6.38. The Morgan fingerprint density at radius 1 is 1.16 bits per heavy atom. The minimum absolute atomic E-state index is 0.00810. The molecule has 2 bridgehead atoms. The van der Waals surface area contributed by atoms with Crippen molar-refractivity contribution in [3.63, 3.8) is 0 Å². The van der Waals surface area contributed by atoms with Crippen LogP contribution in [0.25, 0.3) is 5.57 Å². The molecule has 5 aliphatic rings. The fourth-order valence-electron chi connectivity index (χ4n) is 6.38. The maximum Gasteiger partial charge on any atom is 0.258 e. The van der Waals surface area contributed by atoms with Crippen molar-refractivity contribution in [1.82, 2.24) is 14.8 Å². The van der Waals surface area contributed by atoms with Crippen molar-refractivity contribution in [2.75, 3.05) is 13.2 Å². The zero-order chi connectivity index (χ0) is 21.1. The molecule has 3 heterocycles. The van der Waals surface area contributed by atoms with Crippen molar-refractivity contribution in [3.8, 4) is 0 Å². The standard InChI is InChI=1S/C25H33N3O3/c29-14-19-21-13-28-20(11-10-18(25(28)31)16-4-1-2-5-16)23(27(21)12-15-8-9-15)22(19)24(30)26-17-6-3-7-17/h4,10-11,15,17,19,21-23,29H,1-3,5-9,12-14H2,(H,26,30)/t19-,21-,22+,23+/m1/s1. The SMILES string of the molecule is O=C(NC1CCC1)[C@H]1[C@H](CO)[C@H]2Cn3c(ccc(C4=CCCC4)c3=O)[C@@H]1N2CC1CC1. The van der Waals surface area contributed by atoms with Gasteiger partial charge in [-0.05, 0) is 75.0 Å². The number of hydrogen-bond acceptors (Lipinski definition) is 4. The molecule has 4 atom stereocenters. The molecule has 3 fully saturated rings. The summed E-state index contributed by atoms with van der Waals surface area (Å²) in [4.78, 5) is 29.4. The third-order valence-corrected chi connectivity index (χ3v) is 8.48. The summed E-state index contributed by atoms with van der Waals surface area (Å²) in [5.41, 5.74) is 3.05. The molecule has 2 N–H and O–H groups in total. The molecule has 6 nitrogen and oxygen atoms in total. The van der Waals surface area contributed by atoms with Crippen molar-refractivity contribution in [3.05, 3.63) is 39.8 Å². The molecule has 0 spiro atoms. The first kappa shape index (κ1) is 19.7. The molecule has 1 aromatic heterocycles. The highest BCUT2D eigenvalue weighted by atomic mass is 16.3. The maximum absolute atomic E-state index is 13.5. The van der Waals surface area contributed by atoms with Crippen molar-refractivity contribution >= 4 is 11.5 Å². The van der Waals surface area contributed by atoms with Crippen LogP contribution in [-0.2, 0) is 11.3 Å². The summed E-state index contributed by atoms with van der Waals surface area (Å²) in [5.74, 6) is 0.343. The average Bonchev–Trinajstić information content (AvgIpc) is 3.33. The second-order valence-corrected chi connectivity index (χ2v) is 10.4. The number of pyridine rings is 1. The van der Waals surface area contributed by atoms with Gasteiger partial charge in [-0.2, -0.15) is 0 Å². The summed E-state index contributed by atoms with van der Waals surface area (Å²) in [6.45, 7) is 1.54. The van der Waals surface area contributed by atoms with Crippen LogP contribution in [0.3, 0.4) is 0 Å². The molecule has 2 aliphatic heterocycles. The lowest BCUT2D eigenvalue weighted by molar-refractivity contribution is -0.128. The Morgan fingerprint density at radius 3 is 2.65 bits per heavy atom. The van der Waals surface area contributed by atoms with Gasteiger partial charge in [-0.1, -0.05) is 6.08 Å². The number of fused-ring (bicyclic) bond motifs is 4. The van der Waals surface area contributed by atoms with E-state index in [1.54, 1.807) is 0 Å². The number of carbonyl (C=O) groups is 1. The average molecular weight is 424 g/mol. The molecular formula is C25H33N3O3. The van der Waals surface area contributed by atoms with Crippen LogP contribution in [0.2, 0.25) is 0 Å². The minimum Gasteiger partial charge on any atom is -0.396 e. The van der Waals surface area contributed by atoms with Gasteiger partial charge < -0.3 is 15.0 Å². The summed E-state index contributed by atoms with van der Waals surface area (Å²) in [7, 11) is 0. The van der Waals surface area contributed by atoms with Gasteiger partial charge >= 0.3 is 0 Å². The molecule has 0 radical (unpaired) electrons. The molecule has 166 valence electrons. The largest absolute Gasteiger partial charge is 0.396 e. The van der Waals surface area contributed by atoms with E-state index >= 15 is 0 Å². The van der Waals surface area contributed by atoms with Crippen LogP contribution in [0.15, 0.2) is 23.0 Å². The number of nitrogens with one attached hydrogen (secondary N) is 1. The highest BCUT2D eigenvalue weighted by molar-refractivity contribution is 5.81. The second-order valence-electron chi connectivity index (χ2n) is 10.4. The van der Waals surface area contributed by atoms with Gasteiger partial charge in [-0.25, -0.2) is 0 Å². The predicted molar refractivity (Wildman–Crippen MR) is 118 cm³/mol. The van der Waals surface area contributed by atoms with Crippen molar-refractivity contribution < 1.29 is 9.90 Å². The Bertz CT molecular complexity index is 975. The van der Waals surface area contributed by atoms with E-state index < -0.39 is 0 Å². The summed E-state index contributed by atoms with van der Waals surface area (Å²) in [6, 6.07) is 4.30. The molecule has 0 aromatic carbocycles. The number of allylic oxidation sites excluding steroid dienone is 2. The van der Waals surface area contributed by atoms with Gasteiger partial charge in [0.15, 0.2) is 0 Å². The first-order valence-electron chi connectivity index (χ1n) is 12.3. The first-order valence-corrected chi connectivity index (χ1v) is 12.3. The Kier molecular flexibility index (Phi) is 4.83. The molecule has 1 saturated heterocycles. The number of aliphatic hydroxyl groups is 1. The molecule has 31 heavy (non-hydrogen) atoms. The number of aromatic nitrogens is 1. The van der Waals surface area contributed by atoms with E-state index in [0.717, 1.165) is 49.9 Å². The molecular weight excluding hydrogens is 390 g/mol. The Labute approximate surface area is 183 Å². The second kappa shape index (κ2) is 7.59. The molecule has 6 heteroatoms. The van der Waals surface area contributed by atoms with Crippen molar-refractivity contribution in [1.29, 1.82) is 0 Å². The van der Waals surface area contributed by atoms with Gasteiger partial charge in [0.25, 0.3) is 5.56 Å². The van der Waals surface area contributed by atoms with Crippen molar-refractivity contribution in [2.45, 2.75) is 76.0 Å². The van der Waals surface area contributed by atoms with Crippen LogP contribution in [-0.4, -0.2) is 45.7 Å². The van der Waals surface area contributed by atoms with Gasteiger partial charge in [0.05, 0.1) is 12.0 Å². The van der Waals surface area contributed by atoms with Crippen LogP contribution < -0.4 is 10.9 Å². The zero-order valence-corrected chi connectivity index (χ0v) is 18.1. The fraction of sp³-hybridized carbons (Fsp3) is 0.680. The highest BCUT2D eigenvalue weighted by Crippen LogP contribution is 2.50. The molecule has 3 aliphatic carbocycles. The molecule has 1 amide bonds. The van der Waals surface area contributed by atoms with Crippen LogP contribution >= 0.6 is 0 Å². The lowest BCUT2D eigenvalue weighted by Gasteiger charge is -2.38. The first-order chi connectivity index (χ1) is 15.2. The highest BCUT2D eigenvalue weighted by Gasteiger charge is 2.56. The summed E-state index contributed by atoms with van der Waals surface area (Å²) >= 11 is 0. The van der Waals surface area contributed by atoms with E-state index in [0.29, 0.717) is 12.5 Å². The summed E-state index contributed by atoms with van der Waals surface area (Å²) < 4.78 is 1.94. The van der Waals surface area contributed by atoms with Gasteiger partial charge in [0.2, 0.25) is 5.91 Å². The predicted octanol–water partition coefficient (Wildman–Crippen LogP) is 2.46. The molecule has 1 aromatic rings. The number of nitrogens with zero attached hydrogens (tertiary/aromatic N) is 2. The number of rotatable bonds is 6. The van der Waals surface area contributed by atoms with Crippen LogP contribution in [0.4, 0.5) is 0 Å². The van der Waals surface area contributed by atoms with E-state index in [1.807, 2.05) is 10.6 Å². The van der Waals surface area contributed by atoms with E-state index in [4.69, 9.17) is 0 Å². The maximum atomic E-state index is 13.5. The van der Waals surface area contributed by atoms with E-state index in [9.17, 15) is 14.7 Å². The monoisotopic (exact) mass is 423 g/mol.